The maximum atomic E-state index is 13.0. The molecule has 0 aliphatic rings. The van der Waals surface area contributed by atoms with Crippen molar-refractivity contribution in [2.75, 3.05) is 6.54 Å². The molecule has 10 nitrogen and oxygen atoms in total. The third kappa shape index (κ3) is 14.1. The van der Waals surface area contributed by atoms with Crippen molar-refractivity contribution < 1.29 is 29.0 Å². The van der Waals surface area contributed by atoms with E-state index in [4.69, 9.17) is 9.16 Å². The second-order valence-corrected chi connectivity index (χ2v) is 21.4. The van der Waals surface area contributed by atoms with Crippen LogP contribution in [-0.2, 0) is 48.3 Å². The van der Waals surface area contributed by atoms with E-state index in [1.165, 1.54) is 0 Å². The molecule has 0 saturated carbocycles. The summed E-state index contributed by atoms with van der Waals surface area (Å²) in [5, 5.41) is 32.5. The Hall–Kier alpha value is -5.46. The highest BCUT2D eigenvalue weighted by atomic mass is 28.4. The van der Waals surface area contributed by atoms with Gasteiger partial charge in [-0.25, -0.2) is 4.79 Å². The highest BCUT2D eigenvalue weighted by Crippen LogP contribution is 2.40. The molecular formula is C48H60N4O6Si. The topological polar surface area (TPSA) is 141 Å². The van der Waals surface area contributed by atoms with Crippen molar-refractivity contribution in [3.8, 4) is 17.2 Å². The summed E-state index contributed by atoms with van der Waals surface area (Å²) in [6.07, 6.45) is 0.787. The van der Waals surface area contributed by atoms with E-state index in [1.807, 2.05) is 103 Å². The van der Waals surface area contributed by atoms with Crippen molar-refractivity contribution in [1.82, 2.24) is 21.3 Å². The molecular weight excluding hydrogens is 757 g/mol. The van der Waals surface area contributed by atoms with Crippen LogP contribution in [0.2, 0.25) is 18.1 Å². The van der Waals surface area contributed by atoms with Crippen LogP contribution in [0.25, 0.3) is 0 Å². The molecule has 5 rings (SSSR count). The molecule has 0 bridgehead atoms. The van der Waals surface area contributed by atoms with Gasteiger partial charge >= 0.3 is 6.03 Å². The lowest BCUT2D eigenvalue weighted by Crippen LogP contribution is -2.44. The van der Waals surface area contributed by atoms with Gasteiger partial charge in [0.2, 0.25) is 5.91 Å². The standard InChI is InChI=1S/C48H60N4O6Si/c1-34(49-32-45(58-59(5,6)48(2,3)4)40-22-23-44(54)41(28-40)33-53)24-37-12-10-13-38(25-37)27-46(55)50-29-35-18-20-36(21-19-35)30-51-47(56)52-31-39-14-11-17-43(26-39)57-42-15-8-7-9-16-42/h7-23,25-26,28,34,45,49,53-54H,24,27,29-33H2,1-6H3,(H,50,55)(H2,51,52,56)/t34-,45+/m1/s1. The molecule has 0 radical (unpaired) electrons. The largest absolute Gasteiger partial charge is 0.508 e. The van der Waals surface area contributed by atoms with Crippen LogP contribution in [0.1, 0.15) is 72.7 Å². The minimum absolute atomic E-state index is 0.0132. The molecule has 59 heavy (non-hydrogen) atoms. The van der Waals surface area contributed by atoms with Crippen molar-refractivity contribution in [3.05, 3.63) is 160 Å². The van der Waals surface area contributed by atoms with Gasteiger partial charge in [0.1, 0.15) is 17.2 Å². The van der Waals surface area contributed by atoms with E-state index in [0.717, 1.165) is 45.6 Å². The molecule has 0 unspecified atom stereocenters. The van der Waals surface area contributed by atoms with Crippen LogP contribution in [0.15, 0.2) is 121 Å². The van der Waals surface area contributed by atoms with E-state index < -0.39 is 8.32 Å². The Balaban J connectivity index is 1.04. The van der Waals surface area contributed by atoms with Gasteiger partial charge in [0.05, 0.1) is 19.1 Å². The quantitative estimate of drug-likeness (QED) is 0.0458. The monoisotopic (exact) mass is 816 g/mol. The number of para-hydroxylation sites is 1. The Bertz CT molecular complexity index is 2120. The predicted molar refractivity (Wildman–Crippen MR) is 237 cm³/mol. The molecule has 0 aliphatic carbocycles. The lowest BCUT2D eigenvalue weighted by Gasteiger charge is -2.40. The fraction of sp³-hybridized carbons (Fsp3) is 0.333. The van der Waals surface area contributed by atoms with Crippen LogP contribution in [0.3, 0.4) is 0 Å². The predicted octanol–water partition coefficient (Wildman–Crippen LogP) is 8.82. The van der Waals surface area contributed by atoms with Gasteiger partial charge in [0.25, 0.3) is 0 Å². The number of carbonyl (C=O) groups excluding carboxylic acids is 2. The number of aliphatic hydroxyl groups excluding tert-OH is 1. The first-order valence-electron chi connectivity index (χ1n) is 20.3. The van der Waals surface area contributed by atoms with Crippen molar-refractivity contribution in [3.63, 3.8) is 0 Å². The molecule has 11 heteroatoms. The van der Waals surface area contributed by atoms with Crippen molar-refractivity contribution in [1.29, 1.82) is 0 Å². The van der Waals surface area contributed by atoms with Gasteiger partial charge < -0.3 is 40.6 Å². The average Bonchev–Trinajstić information content (AvgIpc) is 3.21. The van der Waals surface area contributed by atoms with E-state index in [9.17, 15) is 19.8 Å². The number of carbonyl (C=O) groups is 2. The maximum Gasteiger partial charge on any atom is 0.315 e. The number of aromatic hydroxyl groups is 1. The third-order valence-corrected chi connectivity index (χ3v) is 15.2. The molecule has 0 heterocycles. The first-order valence-corrected chi connectivity index (χ1v) is 23.2. The molecule has 5 aromatic rings. The summed E-state index contributed by atoms with van der Waals surface area (Å²) in [4.78, 5) is 25.5. The zero-order valence-corrected chi connectivity index (χ0v) is 36.2. The lowest BCUT2D eigenvalue weighted by atomic mass is 10.0. The van der Waals surface area contributed by atoms with Gasteiger partial charge in [-0.2, -0.15) is 0 Å². The smallest absolute Gasteiger partial charge is 0.315 e. The minimum atomic E-state index is -2.14. The van der Waals surface area contributed by atoms with Crippen molar-refractivity contribution in [2.45, 2.75) is 97.1 Å². The number of benzene rings is 5. The molecule has 0 fully saturated rings. The second kappa shape index (κ2) is 21.0. The number of amides is 3. The van der Waals surface area contributed by atoms with E-state index in [1.54, 1.807) is 6.07 Å². The summed E-state index contributed by atoms with van der Waals surface area (Å²) in [5.41, 5.74) is 6.31. The number of aliphatic hydroxyl groups is 1. The summed E-state index contributed by atoms with van der Waals surface area (Å²) in [5.74, 6) is 1.47. The zero-order chi connectivity index (χ0) is 42.4. The number of urea groups is 1. The molecule has 0 aromatic heterocycles. The molecule has 312 valence electrons. The Morgan fingerprint density at radius 1 is 0.695 bits per heavy atom. The first kappa shape index (κ1) is 44.6. The number of phenols is 1. The third-order valence-electron chi connectivity index (χ3n) is 10.7. The normalized spacial score (nSPS) is 12.7. The molecule has 5 aromatic carbocycles. The lowest BCUT2D eigenvalue weighted by molar-refractivity contribution is -0.120. The molecule has 0 saturated heterocycles. The molecule has 6 N–H and O–H groups in total. The number of hydrogen-bond donors (Lipinski definition) is 6. The highest BCUT2D eigenvalue weighted by molar-refractivity contribution is 6.74. The highest BCUT2D eigenvalue weighted by Gasteiger charge is 2.39. The van der Waals surface area contributed by atoms with Gasteiger partial charge in [-0.05, 0) is 101 Å². The fourth-order valence-electron chi connectivity index (χ4n) is 6.29. The van der Waals surface area contributed by atoms with Crippen LogP contribution >= 0.6 is 0 Å². The van der Waals surface area contributed by atoms with E-state index in [-0.39, 0.29) is 47.9 Å². The molecule has 2 atom stereocenters. The van der Waals surface area contributed by atoms with Gasteiger partial charge in [-0.1, -0.05) is 106 Å². The number of hydrogen-bond acceptors (Lipinski definition) is 7. The van der Waals surface area contributed by atoms with Crippen LogP contribution in [0.4, 0.5) is 4.79 Å². The van der Waals surface area contributed by atoms with Crippen molar-refractivity contribution in [2.24, 2.45) is 0 Å². The number of nitrogens with one attached hydrogen (secondary N) is 4. The van der Waals surface area contributed by atoms with E-state index >= 15 is 0 Å². The van der Waals surface area contributed by atoms with Gasteiger partial charge in [0, 0.05) is 37.8 Å². The first-order chi connectivity index (χ1) is 28.2. The Labute approximate surface area is 350 Å². The van der Waals surface area contributed by atoms with Gasteiger partial charge in [-0.3, -0.25) is 4.79 Å². The van der Waals surface area contributed by atoms with Crippen LogP contribution < -0.4 is 26.0 Å². The zero-order valence-electron chi connectivity index (χ0n) is 35.2. The SMILES string of the molecule is C[C@H](Cc1cccc(CC(=O)NCc2ccc(CNC(=O)NCc3cccc(Oc4ccccc4)c3)cc2)c1)NC[C@H](O[Si](C)(C)C(C)(C)C)c1ccc(O)c(CO)c1. The molecule has 0 aliphatic heterocycles. The Kier molecular flexibility index (Phi) is 15.9. The van der Waals surface area contributed by atoms with Gasteiger partial charge in [-0.15, -0.1) is 0 Å². The summed E-state index contributed by atoms with van der Waals surface area (Å²) in [6.45, 7) is 14.7. The molecule has 0 spiro atoms. The van der Waals surface area contributed by atoms with Crippen LogP contribution in [0, 0.1) is 0 Å². The van der Waals surface area contributed by atoms with E-state index in [2.05, 4.69) is 74.2 Å². The second-order valence-electron chi connectivity index (χ2n) is 16.6. The maximum absolute atomic E-state index is 13.0. The van der Waals surface area contributed by atoms with Crippen LogP contribution in [0.5, 0.6) is 17.2 Å². The van der Waals surface area contributed by atoms with E-state index in [0.29, 0.717) is 37.5 Å². The summed E-state index contributed by atoms with van der Waals surface area (Å²) in [6, 6.07) is 38.3. The van der Waals surface area contributed by atoms with Gasteiger partial charge in [0.15, 0.2) is 8.32 Å². The summed E-state index contributed by atoms with van der Waals surface area (Å²) in [7, 11) is -2.14. The van der Waals surface area contributed by atoms with Crippen molar-refractivity contribution >= 4 is 20.3 Å². The fourth-order valence-corrected chi connectivity index (χ4v) is 7.57. The average molecular weight is 817 g/mol. The summed E-state index contributed by atoms with van der Waals surface area (Å²) < 4.78 is 12.7. The Morgan fingerprint density at radius 2 is 1.31 bits per heavy atom. The number of ether oxygens (including phenoxy) is 1. The van der Waals surface area contributed by atoms with Crippen LogP contribution in [-0.4, -0.2) is 43.1 Å². The molecule has 3 amide bonds. The summed E-state index contributed by atoms with van der Waals surface area (Å²) >= 11 is 0. The minimum Gasteiger partial charge on any atom is -0.508 e. The Morgan fingerprint density at radius 3 is 1.98 bits per heavy atom. The number of rotatable bonds is 19.